The third-order valence-electron chi connectivity index (χ3n) is 3.09. The predicted molar refractivity (Wildman–Crippen MR) is 77.5 cm³/mol. The monoisotopic (exact) mass is 304 g/mol. The highest BCUT2D eigenvalue weighted by atomic mass is 35.5. The van der Waals surface area contributed by atoms with Gasteiger partial charge in [0.2, 0.25) is 11.8 Å². The van der Waals surface area contributed by atoms with E-state index >= 15 is 0 Å². The van der Waals surface area contributed by atoms with Gasteiger partial charge in [0.1, 0.15) is 5.92 Å². The molecule has 1 aliphatic rings. The highest BCUT2D eigenvalue weighted by molar-refractivity contribution is 6.30. The van der Waals surface area contributed by atoms with E-state index in [0.29, 0.717) is 17.0 Å². The number of carbonyl (C=O) groups excluding carboxylic acids is 3. The summed E-state index contributed by atoms with van der Waals surface area (Å²) in [5.74, 6) is 3.29. The molecule has 1 aliphatic heterocycles. The van der Waals surface area contributed by atoms with Gasteiger partial charge in [-0.05, 0) is 24.6 Å². The number of rotatable bonds is 3. The van der Waals surface area contributed by atoms with Crippen LogP contribution in [0.3, 0.4) is 0 Å². The highest BCUT2D eigenvalue weighted by Gasteiger charge is 2.40. The summed E-state index contributed by atoms with van der Waals surface area (Å²) in [6.45, 7) is 1.83. The van der Waals surface area contributed by atoms with Crippen LogP contribution >= 0.6 is 11.6 Å². The zero-order valence-electron chi connectivity index (χ0n) is 11.4. The normalized spacial score (nSPS) is 18.1. The molecule has 108 valence electrons. The maximum atomic E-state index is 12.4. The maximum Gasteiger partial charge on any atom is 0.330 e. The van der Waals surface area contributed by atoms with Gasteiger partial charge in [0.15, 0.2) is 0 Å². The van der Waals surface area contributed by atoms with E-state index < -0.39 is 23.8 Å². The molecule has 1 atom stereocenters. The van der Waals surface area contributed by atoms with Gasteiger partial charge in [0.25, 0.3) is 0 Å². The summed E-state index contributed by atoms with van der Waals surface area (Å²) in [6, 6.07) is 5.70. The molecule has 0 radical (unpaired) electrons. The van der Waals surface area contributed by atoms with Crippen LogP contribution in [0.4, 0.5) is 4.79 Å². The molecular formula is C15H13ClN2O3. The summed E-state index contributed by atoms with van der Waals surface area (Å²) in [7, 11) is 0. The number of imide groups is 2. The summed E-state index contributed by atoms with van der Waals surface area (Å²) < 4.78 is 0. The van der Waals surface area contributed by atoms with Gasteiger partial charge in [-0.15, -0.1) is 11.8 Å². The molecule has 0 aliphatic carbocycles. The molecule has 0 saturated carbocycles. The van der Waals surface area contributed by atoms with E-state index in [4.69, 9.17) is 11.6 Å². The summed E-state index contributed by atoms with van der Waals surface area (Å²) in [5.41, 5.74) is 0.501. The van der Waals surface area contributed by atoms with E-state index in [0.717, 1.165) is 4.90 Å². The number of amides is 4. The SMILES string of the molecule is CC#CCCN1C(=O)NC(=O)C(c2ccc(Cl)cc2)C1=O. The van der Waals surface area contributed by atoms with Crippen molar-refractivity contribution >= 4 is 29.4 Å². The molecule has 4 amide bonds. The van der Waals surface area contributed by atoms with Gasteiger partial charge in [0.05, 0.1) is 0 Å². The number of hydrogen-bond acceptors (Lipinski definition) is 3. The van der Waals surface area contributed by atoms with Gasteiger partial charge >= 0.3 is 6.03 Å². The molecule has 5 nitrogen and oxygen atoms in total. The van der Waals surface area contributed by atoms with Crippen LogP contribution in [-0.2, 0) is 9.59 Å². The fourth-order valence-corrected chi connectivity index (χ4v) is 2.19. The Kier molecular flexibility index (Phi) is 4.61. The van der Waals surface area contributed by atoms with Gasteiger partial charge in [0, 0.05) is 18.0 Å². The summed E-state index contributed by atoms with van der Waals surface area (Å²) in [5, 5.41) is 2.70. The Hall–Kier alpha value is -2.32. The van der Waals surface area contributed by atoms with Gasteiger partial charge in [-0.1, -0.05) is 23.7 Å². The summed E-state index contributed by atoms with van der Waals surface area (Å²) in [6.07, 6.45) is 0.372. The number of carbonyl (C=O) groups is 3. The molecule has 1 unspecified atom stereocenters. The van der Waals surface area contributed by atoms with Gasteiger partial charge in [-0.2, -0.15) is 0 Å². The third-order valence-corrected chi connectivity index (χ3v) is 3.34. The van der Waals surface area contributed by atoms with Crippen molar-refractivity contribution in [2.45, 2.75) is 19.3 Å². The van der Waals surface area contributed by atoms with E-state index in [1.54, 1.807) is 31.2 Å². The molecule has 2 rings (SSSR count). The molecule has 1 fully saturated rings. The third kappa shape index (κ3) is 3.23. The Balaban J connectivity index is 2.25. The lowest BCUT2D eigenvalue weighted by atomic mass is 9.95. The molecule has 0 aromatic heterocycles. The van der Waals surface area contributed by atoms with Crippen molar-refractivity contribution < 1.29 is 14.4 Å². The summed E-state index contributed by atoms with van der Waals surface area (Å²) in [4.78, 5) is 37.1. The average Bonchev–Trinajstić information content (AvgIpc) is 2.44. The second kappa shape index (κ2) is 6.42. The van der Waals surface area contributed by atoms with Crippen molar-refractivity contribution in [3.8, 4) is 11.8 Å². The maximum absolute atomic E-state index is 12.4. The smallest absolute Gasteiger partial charge is 0.277 e. The van der Waals surface area contributed by atoms with Crippen LogP contribution in [0.5, 0.6) is 0 Å². The minimum Gasteiger partial charge on any atom is -0.277 e. The first-order chi connectivity index (χ1) is 10.0. The zero-order valence-corrected chi connectivity index (χ0v) is 12.1. The Labute approximate surface area is 127 Å². The number of hydrogen-bond donors (Lipinski definition) is 1. The number of halogens is 1. The lowest BCUT2D eigenvalue weighted by molar-refractivity contribution is -0.138. The molecule has 1 aromatic rings. The van der Waals surface area contributed by atoms with Crippen molar-refractivity contribution in [3.63, 3.8) is 0 Å². The molecule has 1 heterocycles. The van der Waals surface area contributed by atoms with Crippen LogP contribution in [0, 0.1) is 11.8 Å². The number of benzene rings is 1. The van der Waals surface area contributed by atoms with Crippen LogP contribution in [-0.4, -0.2) is 29.3 Å². The van der Waals surface area contributed by atoms with Gasteiger partial charge < -0.3 is 0 Å². The second-order valence-electron chi connectivity index (χ2n) is 4.45. The van der Waals surface area contributed by atoms with E-state index in [1.165, 1.54) is 0 Å². The van der Waals surface area contributed by atoms with Crippen molar-refractivity contribution in [3.05, 3.63) is 34.9 Å². The van der Waals surface area contributed by atoms with Crippen LogP contribution in [0.15, 0.2) is 24.3 Å². The van der Waals surface area contributed by atoms with Crippen molar-refractivity contribution in [1.82, 2.24) is 10.2 Å². The zero-order chi connectivity index (χ0) is 15.4. The van der Waals surface area contributed by atoms with E-state index in [9.17, 15) is 14.4 Å². The van der Waals surface area contributed by atoms with Crippen LogP contribution < -0.4 is 5.32 Å². The lowest BCUT2D eigenvalue weighted by Gasteiger charge is -2.29. The topological polar surface area (TPSA) is 66.5 Å². The fraction of sp³-hybridized carbons (Fsp3) is 0.267. The van der Waals surface area contributed by atoms with Crippen molar-refractivity contribution in [2.24, 2.45) is 0 Å². The van der Waals surface area contributed by atoms with E-state index in [-0.39, 0.29) is 6.54 Å². The Morgan fingerprint density at radius 1 is 1.24 bits per heavy atom. The van der Waals surface area contributed by atoms with Crippen molar-refractivity contribution in [2.75, 3.05) is 6.54 Å². The molecule has 1 saturated heterocycles. The number of nitrogens with zero attached hydrogens (tertiary/aromatic N) is 1. The fourth-order valence-electron chi connectivity index (χ4n) is 2.07. The van der Waals surface area contributed by atoms with Crippen LogP contribution in [0.25, 0.3) is 0 Å². The van der Waals surface area contributed by atoms with E-state index in [1.807, 2.05) is 0 Å². The first kappa shape index (κ1) is 15.1. The molecular weight excluding hydrogens is 292 g/mol. The Morgan fingerprint density at radius 3 is 2.52 bits per heavy atom. The first-order valence-corrected chi connectivity index (χ1v) is 6.73. The molecule has 1 N–H and O–H groups in total. The minimum atomic E-state index is -1.03. The molecule has 1 aromatic carbocycles. The molecule has 0 bridgehead atoms. The van der Waals surface area contributed by atoms with Crippen LogP contribution in [0.1, 0.15) is 24.8 Å². The number of urea groups is 1. The van der Waals surface area contributed by atoms with E-state index in [2.05, 4.69) is 17.2 Å². The van der Waals surface area contributed by atoms with Crippen molar-refractivity contribution in [1.29, 1.82) is 0 Å². The predicted octanol–water partition coefficient (Wildman–Crippen LogP) is 1.92. The average molecular weight is 305 g/mol. The molecule has 21 heavy (non-hydrogen) atoms. The van der Waals surface area contributed by atoms with Gasteiger partial charge in [-0.3, -0.25) is 19.8 Å². The lowest BCUT2D eigenvalue weighted by Crippen LogP contribution is -2.56. The largest absolute Gasteiger partial charge is 0.330 e. The minimum absolute atomic E-state index is 0.156. The number of barbiturate groups is 1. The quantitative estimate of drug-likeness (QED) is 0.685. The first-order valence-electron chi connectivity index (χ1n) is 6.36. The van der Waals surface area contributed by atoms with Crippen LogP contribution in [0.2, 0.25) is 5.02 Å². The highest BCUT2D eigenvalue weighted by Crippen LogP contribution is 2.24. The summed E-state index contributed by atoms with van der Waals surface area (Å²) >= 11 is 5.79. The Bertz CT molecular complexity index is 643. The standard InChI is InChI=1S/C15H13ClN2O3/c1-2-3-4-9-18-14(20)12(13(19)17-15(18)21)10-5-7-11(16)8-6-10/h5-8,12H,4,9H2,1H3,(H,17,19,21). The second-order valence-corrected chi connectivity index (χ2v) is 4.88. The Morgan fingerprint density at radius 2 is 1.90 bits per heavy atom. The van der Waals surface area contributed by atoms with Gasteiger partial charge in [-0.25, -0.2) is 4.79 Å². The molecule has 0 spiro atoms. The molecule has 6 heteroatoms. The number of nitrogens with one attached hydrogen (secondary N) is 1.